The second kappa shape index (κ2) is 6.57. The maximum absolute atomic E-state index is 10.3. The number of likely N-dealkylation sites (N-methyl/N-ethyl adjacent to an activating group) is 1. The lowest BCUT2D eigenvalue weighted by Crippen LogP contribution is -3.10. The van der Waals surface area contributed by atoms with E-state index >= 15 is 0 Å². The quantitative estimate of drug-likeness (QED) is 0.603. The number of methoxy groups -OCH3 is 1. The molecule has 0 fully saturated rings. The standard InChI is InChI=1S/C17H19NO3.ClH/c1-18-10-16(20)15-9-12(19)5-8-14(15)17(18)11-3-6-13(21-2)7-4-11;/h3-9,16-17,19-20H,10H2,1-2H3;1H. The predicted octanol–water partition coefficient (Wildman–Crippen LogP) is -1.94. The molecule has 0 amide bonds. The summed E-state index contributed by atoms with van der Waals surface area (Å²) in [6, 6.07) is 13.4. The Morgan fingerprint density at radius 1 is 1.09 bits per heavy atom. The Morgan fingerprint density at radius 2 is 1.77 bits per heavy atom. The van der Waals surface area contributed by atoms with Gasteiger partial charge in [-0.2, -0.15) is 0 Å². The van der Waals surface area contributed by atoms with Crippen molar-refractivity contribution in [1.29, 1.82) is 0 Å². The minimum atomic E-state index is -0.540. The second-order valence-electron chi connectivity index (χ2n) is 5.59. The average molecular weight is 322 g/mol. The van der Waals surface area contributed by atoms with Gasteiger partial charge in [0.25, 0.3) is 0 Å². The Balaban J connectivity index is 0.00000176. The molecule has 22 heavy (non-hydrogen) atoms. The van der Waals surface area contributed by atoms with Crippen LogP contribution in [0.3, 0.4) is 0 Å². The maximum Gasteiger partial charge on any atom is 0.139 e. The molecular formula is C17H20ClNO3. The third kappa shape index (κ3) is 2.90. The van der Waals surface area contributed by atoms with Crippen molar-refractivity contribution in [2.45, 2.75) is 12.1 Å². The summed E-state index contributed by atoms with van der Waals surface area (Å²) in [7, 11) is 3.73. The topological polar surface area (TPSA) is 54.1 Å². The number of halogens is 1. The molecule has 118 valence electrons. The van der Waals surface area contributed by atoms with E-state index in [9.17, 15) is 10.2 Å². The lowest BCUT2D eigenvalue weighted by atomic mass is 9.87. The summed E-state index contributed by atoms with van der Waals surface area (Å²) in [5.41, 5.74) is 3.06. The van der Waals surface area contributed by atoms with Crippen LogP contribution in [0.4, 0.5) is 0 Å². The molecule has 2 aromatic carbocycles. The Kier molecular flexibility index (Phi) is 4.96. The van der Waals surface area contributed by atoms with Gasteiger partial charge in [0.05, 0.1) is 14.2 Å². The molecule has 2 aromatic rings. The molecule has 1 aliphatic rings. The molecule has 3 atom stereocenters. The molecule has 3 N–H and O–H groups in total. The van der Waals surface area contributed by atoms with Crippen LogP contribution in [-0.4, -0.2) is 30.9 Å². The highest BCUT2D eigenvalue weighted by Gasteiger charge is 2.34. The van der Waals surface area contributed by atoms with Crippen LogP contribution in [0.15, 0.2) is 42.5 Å². The number of aliphatic hydroxyl groups excluding tert-OH is 1. The van der Waals surface area contributed by atoms with Crippen LogP contribution >= 0.6 is 0 Å². The van der Waals surface area contributed by atoms with Crippen LogP contribution in [0.25, 0.3) is 0 Å². The summed E-state index contributed by atoms with van der Waals surface area (Å²) in [5, 5.41) is 19.9. The highest BCUT2D eigenvalue weighted by atomic mass is 35.5. The van der Waals surface area contributed by atoms with Crippen LogP contribution in [0.1, 0.15) is 28.8 Å². The second-order valence-corrected chi connectivity index (χ2v) is 5.59. The molecule has 3 unspecified atom stereocenters. The van der Waals surface area contributed by atoms with Crippen molar-refractivity contribution in [3.63, 3.8) is 0 Å². The Labute approximate surface area is 136 Å². The van der Waals surface area contributed by atoms with Gasteiger partial charge in [0.1, 0.15) is 30.2 Å². The normalized spacial score (nSPS) is 23.3. The third-order valence-electron chi connectivity index (χ3n) is 4.20. The van der Waals surface area contributed by atoms with Crippen LogP contribution in [0, 0.1) is 0 Å². The smallest absolute Gasteiger partial charge is 0.139 e. The number of hydrogen-bond donors (Lipinski definition) is 3. The first-order chi connectivity index (χ1) is 10.1. The van der Waals surface area contributed by atoms with Gasteiger partial charge >= 0.3 is 0 Å². The van der Waals surface area contributed by atoms with E-state index in [-0.39, 0.29) is 24.2 Å². The lowest BCUT2D eigenvalue weighted by molar-refractivity contribution is -0.912. The summed E-state index contributed by atoms with van der Waals surface area (Å²) in [4.78, 5) is 1.23. The fourth-order valence-corrected chi connectivity index (χ4v) is 3.17. The van der Waals surface area contributed by atoms with E-state index in [4.69, 9.17) is 4.74 Å². The molecule has 1 heterocycles. The van der Waals surface area contributed by atoms with Gasteiger partial charge in [-0.25, -0.2) is 0 Å². The summed E-state index contributed by atoms with van der Waals surface area (Å²) < 4.78 is 5.21. The zero-order valence-electron chi connectivity index (χ0n) is 12.6. The van der Waals surface area contributed by atoms with Gasteiger partial charge in [0.15, 0.2) is 0 Å². The van der Waals surface area contributed by atoms with Gasteiger partial charge in [0.2, 0.25) is 0 Å². The number of benzene rings is 2. The van der Waals surface area contributed by atoms with Gasteiger partial charge in [0, 0.05) is 11.1 Å². The molecule has 0 aromatic heterocycles. The van der Waals surface area contributed by atoms with Crippen molar-refractivity contribution in [3.8, 4) is 11.5 Å². The van der Waals surface area contributed by atoms with E-state index in [1.54, 1.807) is 19.2 Å². The first-order valence-electron chi connectivity index (χ1n) is 7.07. The number of fused-ring (bicyclic) bond motifs is 1. The Bertz CT molecular complexity index is 645. The zero-order chi connectivity index (χ0) is 15.0. The number of phenols is 1. The average Bonchev–Trinajstić information content (AvgIpc) is 2.48. The van der Waals surface area contributed by atoms with Crippen molar-refractivity contribution < 1.29 is 32.3 Å². The minimum Gasteiger partial charge on any atom is -1.00 e. The molecule has 5 heteroatoms. The van der Waals surface area contributed by atoms with Crippen LogP contribution in [0.5, 0.6) is 11.5 Å². The Morgan fingerprint density at radius 3 is 2.41 bits per heavy atom. The summed E-state index contributed by atoms with van der Waals surface area (Å²) in [6.45, 7) is 0.618. The summed E-state index contributed by atoms with van der Waals surface area (Å²) in [5.74, 6) is 1.03. The number of phenolic OH excluding ortho intramolecular Hbond substituents is 1. The number of nitrogens with one attached hydrogen (secondary N) is 1. The molecule has 4 nitrogen and oxygen atoms in total. The number of aliphatic hydroxyl groups is 1. The predicted molar refractivity (Wildman–Crippen MR) is 79.7 cm³/mol. The zero-order valence-corrected chi connectivity index (χ0v) is 13.3. The Hall–Kier alpha value is -1.75. The monoisotopic (exact) mass is 321 g/mol. The van der Waals surface area contributed by atoms with Crippen LogP contribution in [-0.2, 0) is 0 Å². The molecule has 3 rings (SSSR count). The molecule has 1 aliphatic heterocycles. The number of rotatable bonds is 2. The van der Waals surface area contributed by atoms with E-state index in [0.717, 1.165) is 16.9 Å². The van der Waals surface area contributed by atoms with E-state index < -0.39 is 6.10 Å². The largest absolute Gasteiger partial charge is 1.00 e. The van der Waals surface area contributed by atoms with E-state index in [1.165, 1.54) is 10.5 Å². The third-order valence-corrected chi connectivity index (χ3v) is 4.20. The first-order valence-corrected chi connectivity index (χ1v) is 7.07. The fourth-order valence-electron chi connectivity index (χ4n) is 3.17. The van der Waals surface area contributed by atoms with E-state index in [2.05, 4.69) is 19.2 Å². The van der Waals surface area contributed by atoms with Crippen molar-refractivity contribution >= 4 is 0 Å². The highest BCUT2D eigenvalue weighted by Crippen LogP contribution is 2.32. The van der Waals surface area contributed by atoms with Crippen molar-refractivity contribution in [1.82, 2.24) is 0 Å². The first kappa shape index (κ1) is 16.6. The molecule has 0 saturated heterocycles. The summed E-state index contributed by atoms with van der Waals surface area (Å²) in [6.07, 6.45) is -0.540. The van der Waals surface area contributed by atoms with Crippen molar-refractivity contribution in [2.75, 3.05) is 20.7 Å². The molecule has 0 radical (unpaired) electrons. The molecule has 0 aliphatic carbocycles. The van der Waals surface area contributed by atoms with E-state index in [0.29, 0.717) is 6.54 Å². The number of hydrogen-bond acceptors (Lipinski definition) is 3. The van der Waals surface area contributed by atoms with E-state index in [1.807, 2.05) is 18.2 Å². The molecular weight excluding hydrogens is 302 g/mol. The van der Waals surface area contributed by atoms with Gasteiger partial charge in [-0.05, 0) is 48.0 Å². The number of ether oxygens (including phenoxy) is 1. The number of aromatic hydroxyl groups is 1. The van der Waals surface area contributed by atoms with Crippen molar-refractivity contribution in [2.24, 2.45) is 0 Å². The number of quaternary nitrogens is 1. The fraction of sp³-hybridized carbons (Fsp3) is 0.294. The van der Waals surface area contributed by atoms with Gasteiger partial charge in [-0.15, -0.1) is 0 Å². The summed E-state index contributed by atoms with van der Waals surface area (Å²) >= 11 is 0. The van der Waals surface area contributed by atoms with Gasteiger partial charge in [-0.3, -0.25) is 0 Å². The maximum atomic E-state index is 10.3. The van der Waals surface area contributed by atoms with Crippen LogP contribution in [0.2, 0.25) is 0 Å². The molecule has 0 bridgehead atoms. The van der Waals surface area contributed by atoms with Crippen molar-refractivity contribution in [3.05, 3.63) is 59.2 Å². The van der Waals surface area contributed by atoms with Gasteiger partial charge < -0.3 is 32.3 Å². The molecule has 0 saturated carbocycles. The molecule has 0 spiro atoms. The van der Waals surface area contributed by atoms with Crippen LogP contribution < -0.4 is 22.0 Å². The highest BCUT2D eigenvalue weighted by molar-refractivity contribution is 5.43. The van der Waals surface area contributed by atoms with Gasteiger partial charge in [-0.1, -0.05) is 0 Å². The minimum absolute atomic E-state index is 0. The SMILES string of the molecule is COc1ccc(C2c3ccc(O)cc3C(O)C[NH+]2C)cc1.[Cl-]. The lowest BCUT2D eigenvalue weighted by Gasteiger charge is -2.34.